The summed E-state index contributed by atoms with van der Waals surface area (Å²) < 4.78 is 59.9. The SMILES string of the molecule is COc1cc(COC(=O)N[C@@H]2CCCN([P@](N)(=O)NS(=O)(=O)O)C2=O)c([N+](=O)[O-])cc1OC. The Balaban J connectivity index is 2.10. The number of ether oxygens (including phenoxy) is 3. The van der Waals surface area contributed by atoms with E-state index in [-0.39, 0.29) is 36.4 Å². The quantitative estimate of drug-likeness (QED) is 0.152. The van der Waals surface area contributed by atoms with Crippen LogP contribution in [-0.2, 0) is 31.0 Å². The molecule has 1 aromatic carbocycles. The van der Waals surface area contributed by atoms with Crippen LogP contribution in [0.15, 0.2) is 12.1 Å². The van der Waals surface area contributed by atoms with Crippen LogP contribution in [0.4, 0.5) is 10.5 Å². The van der Waals surface area contributed by atoms with Crippen molar-refractivity contribution in [3.63, 3.8) is 0 Å². The summed E-state index contributed by atoms with van der Waals surface area (Å²) in [6.07, 6.45) is -0.854. The minimum absolute atomic E-state index is 0.0202. The third-order valence-electron chi connectivity index (χ3n) is 4.45. The average molecular weight is 511 g/mol. The maximum Gasteiger partial charge on any atom is 0.408 e. The van der Waals surface area contributed by atoms with E-state index in [1.54, 1.807) is 0 Å². The summed E-state index contributed by atoms with van der Waals surface area (Å²) in [6, 6.07) is 1.08. The smallest absolute Gasteiger partial charge is 0.408 e. The number of hydrogen-bond acceptors (Lipinski definition) is 10. The van der Waals surface area contributed by atoms with Gasteiger partial charge in [0.05, 0.1) is 30.8 Å². The molecule has 5 N–H and O–H groups in total. The van der Waals surface area contributed by atoms with Gasteiger partial charge in [-0.25, -0.2) is 4.79 Å². The van der Waals surface area contributed by atoms with Crippen molar-refractivity contribution in [2.24, 2.45) is 5.50 Å². The second-order valence-corrected chi connectivity index (χ2v) is 10.1. The molecule has 0 bridgehead atoms. The molecule has 2 rings (SSSR count). The topological polar surface area (TPSA) is 230 Å². The lowest BCUT2D eigenvalue weighted by atomic mass is 10.1. The number of benzene rings is 1. The summed E-state index contributed by atoms with van der Waals surface area (Å²) in [4.78, 5) is 35.3. The zero-order chi connectivity index (χ0) is 25.0. The van der Waals surface area contributed by atoms with Gasteiger partial charge in [0.15, 0.2) is 11.5 Å². The predicted molar refractivity (Wildman–Crippen MR) is 111 cm³/mol. The number of amides is 2. The average Bonchev–Trinajstić information content (AvgIpc) is 2.71. The molecule has 1 fully saturated rings. The van der Waals surface area contributed by atoms with E-state index in [9.17, 15) is 32.7 Å². The van der Waals surface area contributed by atoms with Gasteiger partial charge in [0, 0.05) is 6.54 Å². The molecule has 0 saturated carbocycles. The number of nitrogens with zero attached hydrogens (tertiary/aromatic N) is 2. The number of piperidine rings is 1. The number of nitro groups is 1. The zero-order valence-corrected chi connectivity index (χ0v) is 19.1. The Labute approximate surface area is 187 Å². The first kappa shape index (κ1) is 26.3. The highest BCUT2D eigenvalue weighted by Crippen LogP contribution is 2.40. The number of nitro benzene ring substituents is 1. The van der Waals surface area contributed by atoms with E-state index in [2.05, 4.69) is 5.32 Å². The van der Waals surface area contributed by atoms with Crippen molar-refractivity contribution >= 4 is 35.6 Å². The van der Waals surface area contributed by atoms with E-state index in [4.69, 9.17) is 24.3 Å². The van der Waals surface area contributed by atoms with Crippen molar-refractivity contribution in [2.45, 2.75) is 25.5 Å². The fraction of sp³-hybridized carbons (Fsp3) is 0.467. The highest BCUT2D eigenvalue weighted by atomic mass is 32.2. The third kappa shape index (κ3) is 6.75. The number of alkyl carbamates (subject to hydrolysis) is 1. The lowest BCUT2D eigenvalue weighted by Gasteiger charge is -2.35. The Morgan fingerprint density at radius 1 is 1.36 bits per heavy atom. The van der Waals surface area contributed by atoms with E-state index >= 15 is 0 Å². The first-order chi connectivity index (χ1) is 15.3. The van der Waals surface area contributed by atoms with E-state index in [0.29, 0.717) is 4.67 Å². The zero-order valence-electron chi connectivity index (χ0n) is 17.4. The molecule has 184 valence electrons. The first-order valence-corrected chi connectivity index (χ1v) is 12.3. The standard InChI is InChI=1S/C15H22N5O11PS/c1-29-12-6-9(11(20(23)24)7-13(12)30-2)8-31-15(22)17-10-4-3-5-19(14(10)21)32(16,25)18-33(26,27)28/h6-7,10H,3-5,8H2,1-2H3,(H,17,22)(H3,16,18,25)(H,26,27,28)/t10-,32-/m1/s1. The molecule has 2 atom stereocenters. The van der Waals surface area contributed by atoms with E-state index < -0.39 is 53.2 Å². The van der Waals surface area contributed by atoms with Crippen molar-refractivity contribution in [3.05, 3.63) is 27.8 Å². The number of nitrogens with one attached hydrogen (secondary N) is 2. The molecule has 1 aliphatic rings. The lowest BCUT2D eigenvalue weighted by Crippen LogP contribution is -2.53. The van der Waals surface area contributed by atoms with Crippen LogP contribution >= 0.6 is 7.59 Å². The Bertz CT molecular complexity index is 1100. The second kappa shape index (κ2) is 10.3. The van der Waals surface area contributed by atoms with Gasteiger partial charge in [0.1, 0.15) is 12.6 Å². The summed E-state index contributed by atoms with van der Waals surface area (Å²) in [5.41, 5.74) is 4.95. The van der Waals surface area contributed by atoms with Crippen LogP contribution < -0.4 is 24.8 Å². The molecular weight excluding hydrogens is 489 g/mol. The van der Waals surface area contributed by atoms with E-state index in [1.165, 1.54) is 24.8 Å². The Morgan fingerprint density at radius 3 is 2.52 bits per heavy atom. The Kier molecular flexibility index (Phi) is 8.20. The normalized spacial score (nSPS) is 18.2. The summed E-state index contributed by atoms with van der Waals surface area (Å²) in [5.74, 6) is -0.725. The third-order valence-corrected chi connectivity index (χ3v) is 7.54. The molecule has 1 aromatic rings. The molecule has 0 aromatic heterocycles. The maximum absolute atomic E-state index is 12.5. The van der Waals surface area contributed by atoms with Gasteiger partial charge >= 0.3 is 24.0 Å². The van der Waals surface area contributed by atoms with Gasteiger partial charge in [-0.1, -0.05) is 0 Å². The monoisotopic (exact) mass is 511 g/mol. The highest BCUT2D eigenvalue weighted by Gasteiger charge is 2.40. The fourth-order valence-electron chi connectivity index (χ4n) is 3.03. The molecule has 18 heteroatoms. The first-order valence-electron chi connectivity index (χ1n) is 9.08. The summed E-state index contributed by atoms with van der Waals surface area (Å²) in [6.45, 7) is -0.757. The van der Waals surface area contributed by atoms with Crippen LogP contribution in [0.3, 0.4) is 0 Å². The van der Waals surface area contributed by atoms with Gasteiger partial charge in [-0.05, 0) is 18.9 Å². The van der Waals surface area contributed by atoms with Crippen molar-refractivity contribution in [1.82, 2.24) is 14.5 Å². The van der Waals surface area contributed by atoms with Crippen molar-refractivity contribution in [3.8, 4) is 11.5 Å². The van der Waals surface area contributed by atoms with Gasteiger partial charge in [-0.2, -0.15) is 8.42 Å². The molecule has 2 amide bonds. The van der Waals surface area contributed by atoms with E-state index in [1.807, 2.05) is 0 Å². The molecule has 16 nitrogen and oxygen atoms in total. The van der Waals surface area contributed by atoms with Crippen LogP contribution in [0.5, 0.6) is 11.5 Å². The lowest BCUT2D eigenvalue weighted by molar-refractivity contribution is -0.385. The molecule has 33 heavy (non-hydrogen) atoms. The highest BCUT2D eigenvalue weighted by molar-refractivity contribution is 7.90. The molecule has 1 aliphatic heterocycles. The van der Waals surface area contributed by atoms with Crippen LogP contribution in [0.1, 0.15) is 18.4 Å². The molecular formula is C15H22N5O11PS. The van der Waals surface area contributed by atoms with Gasteiger partial charge in [0.25, 0.3) is 11.6 Å². The van der Waals surface area contributed by atoms with Crippen LogP contribution in [0, 0.1) is 10.1 Å². The molecule has 0 aliphatic carbocycles. The van der Waals surface area contributed by atoms with Crippen molar-refractivity contribution in [1.29, 1.82) is 0 Å². The number of carbonyl (C=O) groups excluding carboxylic acids is 2. The van der Waals surface area contributed by atoms with Gasteiger partial charge in [0.2, 0.25) is 0 Å². The summed E-state index contributed by atoms with van der Waals surface area (Å²) in [7, 11) is -6.89. The number of carbonyl (C=O) groups is 2. The van der Waals surface area contributed by atoms with Crippen molar-refractivity contribution < 1.29 is 46.3 Å². The Morgan fingerprint density at radius 2 is 1.97 bits per heavy atom. The number of rotatable bonds is 9. The largest absolute Gasteiger partial charge is 0.493 e. The molecule has 1 saturated heterocycles. The van der Waals surface area contributed by atoms with Crippen molar-refractivity contribution in [2.75, 3.05) is 20.8 Å². The van der Waals surface area contributed by atoms with Gasteiger partial charge in [-0.3, -0.25) is 34.2 Å². The van der Waals surface area contributed by atoms with E-state index in [0.717, 1.165) is 6.07 Å². The number of nitrogens with two attached hydrogens (primary N) is 1. The van der Waals surface area contributed by atoms with Crippen LogP contribution in [0.2, 0.25) is 0 Å². The van der Waals surface area contributed by atoms with Crippen LogP contribution in [0.25, 0.3) is 0 Å². The maximum atomic E-state index is 12.5. The molecule has 1 heterocycles. The predicted octanol–water partition coefficient (Wildman–Crippen LogP) is 0.288. The number of hydrogen-bond donors (Lipinski definition) is 4. The fourth-order valence-corrected chi connectivity index (χ4v) is 5.61. The summed E-state index contributed by atoms with van der Waals surface area (Å²) in [5, 5.41) is 13.5. The summed E-state index contributed by atoms with van der Waals surface area (Å²) >= 11 is 0. The molecule has 0 spiro atoms. The molecule has 0 unspecified atom stereocenters. The number of methoxy groups -OCH3 is 2. The molecule has 0 radical (unpaired) electrons. The van der Waals surface area contributed by atoms with Gasteiger partial charge in [-0.15, -0.1) is 4.49 Å². The van der Waals surface area contributed by atoms with Crippen LogP contribution in [-0.4, -0.2) is 61.4 Å². The minimum atomic E-state index is -4.97. The van der Waals surface area contributed by atoms with Gasteiger partial charge < -0.3 is 19.5 Å². The second-order valence-electron chi connectivity index (χ2n) is 6.66. The minimum Gasteiger partial charge on any atom is -0.493 e. The Hall–Kier alpha value is -2.98.